The molecule has 0 aromatic heterocycles. The van der Waals surface area contributed by atoms with Crippen LogP contribution in [0.4, 0.5) is 10.5 Å². The number of benzene rings is 2. The van der Waals surface area contributed by atoms with Crippen LogP contribution in [0.3, 0.4) is 0 Å². The first-order chi connectivity index (χ1) is 11.6. The van der Waals surface area contributed by atoms with Gasteiger partial charge in [-0.2, -0.15) is 11.8 Å². The minimum atomic E-state index is -0.346. The van der Waals surface area contributed by atoms with Crippen LogP contribution in [0.2, 0.25) is 0 Å². The van der Waals surface area contributed by atoms with Crippen LogP contribution in [0.25, 0.3) is 0 Å². The summed E-state index contributed by atoms with van der Waals surface area (Å²) in [7, 11) is 2.98. The molecule has 0 fully saturated rings. The number of thioether (sulfide) groups is 1. The van der Waals surface area contributed by atoms with Gasteiger partial charge in [0.25, 0.3) is 0 Å². The van der Waals surface area contributed by atoms with E-state index in [1.54, 1.807) is 30.9 Å². The summed E-state index contributed by atoms with van der Waals surface area (Å²) in [5.74, 6) is 0.711. The molecule has 0 radical (unpaired) electrons. The lowest BCUT2D eigenvalue weighted by Crippen LogP contribution is -2.30. The summed E-state index contributed by atoms with van der Waals surface area (Å²) in [6.45, 7) is 0.556. The lowest BCUT2D eigenvalue weighted by Gasteiger charge is -2.17. The van der Waals surface area contributed by atoms with Crippen molar-refractivity contribution >= 4 is 23.5 Å². The molecule has 2 rings (SSSR count). The van der Waals surface area contributed by atoms with E-state index in [0.29, 0.717) is 18.0 Å². The summed E-state index contributed by atoms with van der Waals surface area (Å²) in [6.07, 6.45) is 2.07. The number of nitrogens with one attached hydrogen (secondary N) is 1. The molecule has 24 heavy (non-hydrogen) atoms. The molecular formula is C18H22N2O3S. The molecule has 5 nitrogen and oxygen atoms in total. The summed E-state index contributed by atoms with van der Waals surface area (Å²) in [6, 6.07) is 17.2. The molecule has 6 heteroatoms. The number of hydroxylamine groups is 2. The Bertz CT molecular complexity index is 652. The van der Waals surface area contributed by atoms with E-state index < -0.39 is 0 Å². The lowest BCUT2D eigenvalue weighted by molar-refractivity contribution is -0.0598. The molecule has 2 aromatic rings. The van der Waals surface area contributed by atoms with Crippen LogP contribution in [-0.4, -0.2) is 38.1 Å². The van der Waals surface area contributed by atoms with Crippen molar-refractivity contribution in [3.63, 3.8) is 0 Å². The van der Waals surface area contributed by atoms with Gasteiger partial charge in [-0.15, -0.1) is 0 Å². The second-order valence-corrected chi connectivity index (χ2v) is 6.12. The molecule has 0 saturated heterocycles. The maximum Gasteiger partial charge on any atom is 0.345 e. The second kappa shape index (κ2) is 9.20. The zero-order valence-electron chi connectivity index (χ0n) is 14.1. The Kier molecular flexibility index (Phi) is 6.96. The van der Waals surface area contributed by atoms with E-state index in [4.69, 9.17) is 9.57 Å². The van der Waals surface area contributed by atoms with Gasteiger partial charge in [0.05, 0.1) is 12.4 Å². The maximum absolute atomic E-state index is 11.8. The van der Waals surface area contributed by atoms with Gasteiger partial charge in [-0.25, -0.2) is 9.86 Å². The average molecular weight is 346 g/mol. The number of hydrogen-bond acceptors (Lipinski definition) is 4. The molecule has 0 aliphatic heterocycles. The molecule has 128 valence electrons. The Balaban J connectivity index is 1.97. The van der Waals surface area contributed by atoms with Crippen LogP contribution in [-0.2, 0) is 4.84 Å². The third-order valence-electron chi connectivity index (χ3n) is 3.50. The molecule has 0 heterocycles. The van der Waals surface area contributed by atoms with E-state index in [1.165, 1.54) is 12.7 Å². The number of urea groups is 1. The van der Waals surface area contributed by atoms with E-state index >= 15 is 0 Å². The van der Waals surface area contributed by atoms with E-state index in [0.717, 1.165) is 5.06 Å². The van der Waals surface area contributed by atoms with Gasteiger partial charge in [-0.1, -0.05) is 36.4 Å². The molecule has 0 saturated carbocycles. The van der Waals surface area contributed by atoms with Gasteiger partial charge in [-0.05, 0) is 24.0 Å². The Morgan fingerprint density at radius 1 is 1.21 bits per heavy atom. The Morgan fingerprint density at radius 3 is 2.62 bits per heavy atom. The van der Waals surface area contributed by atoms with Crippen molar-refractivity contribution in [1.82, 2.24) is 5.06 Å². The topological polar surface area (TPSA) is 50.8 Å². The zero-order valence-corrected chi connectivity index (χ0v) is 14.9. The Hall–Kier alpha value is -2.18. The van der Waals surface area contributed by atoms with Crippen molar-refractivity contribution in [2.45, 2.75) is 5.25 Å². The van der Waals surface area contributed by atoms with Crippen LogP contribution in [0.15, 0.2) is 54.6 Å². The van der Waals surface area contributed by atoms with Gasteiger partial charge >= 0.3 is 6.03 Å². The van der Waals surface area contributed by atoms with Gasteiger partial charge in [0.2, 0.25) is 0 Å². The zero-order chi connectivity index (χ0) is 17.4. The highest BCUT2D eigenvalue weighted by atomic mass is 32.2. The third-order valence-corrected chi connectivity index (χ3v) is 4.48. The highest BCUT2D eigenvalue weighted by Gasteiger charge is 2.12. The van der Waals surface area contributed by atoms with Crippen molar-refractivity contribution in [2.75, 3.05) is 32.3 Å². The molecule has 0 aliphatic carbocycles. The molecule has 1 unspecified atom stereocenters. The van der Waals surface area contributed by atoms with E-state index in [-0.39, 0.29) is 11.3 Å². The SMILES string of the molecule is CON(C)C(=O)Nc1cccc(OCC(SC)c2ccccc2)c1. The van der Waals surface area contributed by atoms with Crippen molar-refractivity contribution in [1.29, 1.82) is 0 Å². The first-order valence-corrected chi connectivity index (χ1v) is 8.82. The van der Waals surface area contributed by atoms with Crippen molar-refractivity contribution < 1.29 is 14.4 Å². The van der Waals surface area contributed by atoms with Crippen LogP contribution in [0.1, 0.15) is 10.8 Å². The summed E-state index contributed by atoms with van der Waals surface area (Å²) in [5, 5.41) is 4.11. The first-order valence-electron chi connectivity index (χ1n) is 7.53. The molecular weight excluding hydrogens is 324 g/mol. The average Bonchev–Trinajstić information content (AvgIpc) is 2.62. The number of amides is 2. The molecule has 2 amide bonds. The van der Waals surface area contributed by atoms with Gasteiger partial charge in [0, 0.05) is 18.8 Å². The fraction of sp³-hybridized carbons (Fsp3) is 0.278. The molecule has 0 spiro atoms. The van der Waals surface area contributed by atoms with Crippen LogP contribution in [0, 0.1) is 0 Å². The summed E-state index contributed by atoms with van der Waals surface area (Å²) in [5.41, 5.74) is 1.89. The highest BCUT2D eigenvalue weighted by Crippen LogP contribution is 2.28. The van der Waals surface area contributed by atoms with E-state index in [2.05, 4.69) is 23.7 Å². The highest BCUT2D eigenvalue weighted by molar-refractivity contribution is 7.98. The van der Waals surface area contributed by atoms with Crippen molar-refractivity contribution in [3.05, 3.63) is 60.2 Å². The lowest BCUT2D eigenvalue weighted by atomic mass is 10.1. The molecule has 0 bridgehead atoms. The van der Waals surface area contributed by atoms with Crippen LogP contribution in [0.5, 0.6) is 5.75 Å². The minimum absolute atomic E-state index is 0.254. The number of carbonyl (C=O) groups excluding carboxylic acids is 1. The van der Waals surface area contributed by atoms with Gasteiger partial charge < -0.3 is 10.1 Å². The van der Waals surface area contributed by atoms with Gasteiger partial charge in [0.1, 0.15) is 12.4 Å². The molecule has 1 atom stereocenters. The summed E-state index contributed by atoms with van der Waals surface area (Å²) in [4.78, 5) is 16.6. The van der Waals surface area contributed by atoms with Gasteiger partial charge in [0.15, 0.2) is 0 Å². The van der Waals surface area contributed by atoms with Gasteiger partial charge in [-0.3, -0.25) is 4.84 Å². The van der Waals surface area contributed by atoms with Crippen molar-refractivity contribution in [3.8, 4) is 5.75 Å². The van der Waals surface area contributed by atoms with Crippen LogP contribution >= 0.6 is 11.8 Å². The van der Waals surface area contributed by atoms with Crippen molar-refractivity contribution in [2.24, 2.45) is 0 Å². The fourth-order valence-corrected chi connectivity index (χ4v) is 2.72. The molecule has 2 aromatic carbocycles. The fourth-order valence-electron chi connectivity index (χ4n) is 2.09. The number of carbonyl (C=O) groups is 1. The van der Waals surface area contributed by atoms with E-state index in [1.807, 2.05) is 30.3 Å². The summed E-state index contributed by atoms with van der Waals surface area (Å²) >= 11 is 1.75. The number of hydrogen-bond donors (Lipinski definition) is 1. The second-order valence-electron chi connectivity index (χ2n) is 5.08. The third kappa shape index (κ3) is 5.18. The number of rotatable bonds is 7. The minimum Gasteiger partial charge on any atom is -0.492 e. The Labute approximate surface area is 146 Å². The Morgan fingerprint density at radius 2 is 1.96 bits per heavy atom. The number of nitrogens with zero attached hydrogens (tertiary/aromatic N) is 1. The largest absolute Gasteiger partial charge is 0.492 e. The predicted molar refractivity (Wildman–Crippen MR) is 98.4 cm³/mol. The monoisotopic (exact) mass is 346 g/mol. The smallest absolute Gasteiger partial charge is 0.345 e. The number of ether oxygens (including phenoxy) is 1. The molecule has 0 aliphatic rings. The normalized spacial score (nSPS) is 11.6. The molecule has 1 N–H and O–H groups in total. The summed E-state index contributed by atoms with van der Waals surface area (Å²) < 4.78 is 5.91. The predicted octanol–water partition coefficient (Wildman–Crippen LogP) is 4.19. The maximum atomic E-state index is 11.8. The quantitative estimate of drug-likeness (QED) is 0.764. The van der Waals surface area contributed by atoms with Crippen LogP contribution < -0.4 is 10.1 Å². The first kappa shape index (κ1) is 18.2. The van der Waals surface area contributed by atoms with E-state index in [9.17, 15) is 4.79 Å². The standard InChI is InChI=1S/C18H22N2O3S/c1-20(22-2)18(21)19-15-10-7-11-16(12-15)23-13-17(24-3)14-8-5-4-6-9-14/h4-12,17H,13H2,1-3H3,(H,19,21). The number of anilines is 1.